The third kappa shape index (κ3) is 3.71. The zero-order valence-corrected chi connectivity index (χ0v) is 11.0. The van der Waals surface area contributed by atoms with E-state index in [2.05, 4.69) is 15.3 Å². The molecule has 2 aromatic rings. The smallest absolute Gasteiger partial charge is 0.337 e. The Bertz CT molecular complexity index is 568. The number of aromatic carboxylic acids is 1. The molecule has 7 heteroatoms. The lowest BCUT2D eigenvalue weighted by Gasteiger charge is -2.08. The van der Waals surface area contributed by atoms with E-state index >= 15 is 0 Å². The number of nitrogens with two attached hydrogens (primary N) is 1. The number of carboxylic acid groups (broad SMARTS) is 1. The number of rotatable bonds is 7. The van der Waals surface area contributed by atoms with Gasteiger partial charge in [0, 0.05) is 31.7 Å². The SMILES string of the molecule is Nc1cc(C(=O)O)cnc1NCCCCn1ccnc1. The molecule has 0 fully saturated rings. The number of hydrogen-bond acceptors (Lipinski definition) is 5. The molecule has 0 saturated heterocycles. The van der Waals surface area contributed by atoms with Crippen molar-refractivity contribution < 1.29 is 9.90 Å². The highest BCUT2D eigenvalue weighted by atomic mass is 16.4. The van der Waals surface area contributed by atoms with Crippen LogP contribution in [0.1, 0.15) is 23.2 Å². The molecule has 7 nitrogen and oxygen atoms in total. The molecule has 0 unspecified atom stereocenters. The average Bonchev–Trinajstić information content (AvgIpc) is 2.93. The average molecular weight is 275 g/mol. The van der Waals surface area contributed by atoms with Crippen molar-refractivity contribution >= 4 is 17.5 Å². The quantitative estimate of drug-likeness (QED) is 0.660. The Morgan fingerprint density at radius 2 is 2.30 bits per heavy atom. The van der Waals surface area contributed by atoms with E-state index in [0.717, 1.165) is 25.9 Å². The third-order valence-corrected chi connectivity index (χ3v) is 2.86. The maximum absolute atomic E-state index is 10.8. The van der Waals surface area contributed by atoms with Gasteiger partial charge < -0.3 is 20.7 Å². The molecule has 0 aromatic carbocycles. The molecule has 106 valence electrons. The number of anilines is 2. The van der Waals surface area contributed by atoms with Crippen LogP contribution < -0.4 is 11.1 Å². The van der Waals surface area contributed by atoms with Gasteiger partial charge in [-0.05, 0) is 18.9 Å². The van der Waals surface area contributed by atoms with Crippen LogP contribution in [0.4, 0.5) is 11.5 Å². The van der Waals surface area contributed by atoms with Crippen LogP contribution in [-0.2, 0) is 6.54 Å². The van der Waals surface area contributed by atoms with E-state index in [9.17, 15) is 4.79 Å². The van der Waals surface area contributed by atoms with Crippen molar-refractivity contribution in [3.05, 3.63) is 36.5 Å². The van der Waals surface area contributed by atoms with Gasteiger partial charge in [0.15, 0.2) is 0 Å². The minimum absolute atomic E-state index is 0.0909. The number of nitrogens with zero attached hydrogens (tertiary/aromatic N) is 3. The molecule has 2 heterocycles. The molecule has 2 aromatic heterocycles. The number of carboxylic acids is 1. The number of hydrogen-bond donors (Lipinski definition) is 3. The van der Waals surface area contributed by atoms with Crippen LogP contribution in [0, 0.1) is 0 Å². The van der Waals surface area contributed by atoms with Crippen LogP contribution in [0.5, 0.6) is 0 Å². The number of aryl methyl sites for hydroxylation is 1. The lowest BCUT2D eigenvalue weighted by Crippen LogP contribution is -2.09. The Labute approximate surface area is 116 Å². The van der Waals surface area contributed by atoms with Crippen LogP contribution in [0.2, 0.25) is 0 Å². The predicted octanol–water partition coefficient (Wildman–Crippen LogP) is 1.45. The number of imidazole rings is 1. The first-order chi connectivity index (χ1) is 9.66. The first kappa shape index (κ1) is 13.9. The largest absolute Gasteiger partial charge is 0.478 e. The Hall–Kier alpha value is -2.57. The molecule has 2 rings (SSSR count). The van der Waals surface area contributed by atoms with Gasteiger partial charge in [-0.3, -0.25) is 0 Å². The van der Waals surface area contributed by atoms with E-state index in [1.165, 1.54) is 12.3 Å². The summed E-state index contributed by atoms with van der Waals surface area (Å²) in [5, 5.41) is 11.9. The molecule has 0 aliphatic carbocycles. The summed E-state index contributed by atoms with van der Waals surface area (Å²) in [6, 6.07) is 1.41. The predicted molar refractivity (Wildman–Crippen MR) is 75.6 cm³/mol. The summed E-state index contributed by atoms with van der Waals surface area (Å²) in [7, 11) is 0. The molecule has 0 spiro atoms. The Morgan fingerprint density at radius 1 is 1.45 bits per heavy atom. The van der Waals surface area contributed by atoms with E-state index in [1.54, 1.807) is 12.5 Å². The summed E-state index contributed by atoms with van der Waals surface area (Å²) in [4.78, 5) is 18.7. The van der Waals surface area contributed by atoms with Gasteiger partial charge in [0.1, 0.15) is 5.82 Å². The van der Waals surface area contributed by atoms with Crippen molar-refractivity contribution in [3.63, 3.8) is 0 Å². The number of carbonyl (C=O) groups is 1. The molecule has 0 amide bonds. The van der Waals surface area contributed by atoms with Crippen LogP contribution in [0.25, 0.3) is 0 Å². The highest BCUT2D eigenvalue weighted by Gasteiger charge is 2.07. The van der Waals surface area contributed by atoms with Gasteiger partial charge in [-0.15, -0.1) is 0 Å². The van der Waals surface area contributed by atoms with E-state index in [4.69, 9.17) is 10.8 Å². The summed E-state index contributed by atoms with van der Waals surface area (Å²) in [6.07, 6.45) is 8.74. The van der Waals surface area contributed by atoms with Crippen molar-refractivity contribution in [2.45, 2.75) is 19.4 Å². The molecule has 0 saturated carbocycles. The maximum Gasteiger partial charge on any atom is 0.337 e. The molecule has 0 radical (unpaired) electrons. The van der Waals surface area contributed by atoms with Gasteiger partial charge in [0.25, 0.3) is 0 Å². The van der Waals surface area contributed by atoms with Crippen molar-refractivity contribution in [2.24, 2.45) is 0 Å². The van der Waals surface area contributed by atoms with Crippen LogP contribution >= 0.6 is 0 Å². The fourth-order valence-corrected chi connectivity index (χ4v) is 1.79. The second-order valence-electron chi connectivity index (χ2n) is 4.40. The van der Waals surface area contributed by atoms with Gasteiger partial charge in [0.05, 0.1) is 17.6 Å². The van der Waals surface area contributed by atoms with Crippen molar-refractivity contribution in [1.82, 2.24) is 14.5 Å². The molecule has 0 atom stereocenters. The summed E-state index contributed by atoms with van der Waals surface area (Å²) < 4.78 is 2.02. The standard InChI is InChI=1S/C13H17N5O2/c14-11-7-10(13(19)20)8-17-12(11)16-3-1-2-5-18-6-4-15-9-18/h4,6-9H,1-3,5,14H2,(H,16,17)(H,19,20). The fourth-order valence-electron chi connectivity index (χ4n) is 1.79. The van der Waals surface area contributed by atoms with Gasteiger partial charge in [-0.1, -0.05) is 0 Å². The fraction of sp³-hybridized carbons (Fsp3) is 0.308. The van der Waals surface area contributed by atoms with E-state index in [0.29, 0.717) is 11.5 Å². The normalized spacial score (nSPS) is 10.4. The minimum Gasteiger partial charge on any atom is -0.478 e. The lowest BCUT2D eigenvalue weighted by molar-refractivity contribution is 0.0696. The molecule has 20 heavy (non-hydrogen) atoms. The van der Waals surface area contributed by atoms with Crippen LogP contribution in [-0.4, -0.2) is 32.2 Å². The summed E-state index contributed by atoms with van der Waals surface area (Å²) in [6.45, 7) is 1.65. The molecular weight excluding hydrogens is 258 g/mol. The van der Waals surface area contributed by atoms with Crippen LogP contribution in [0.3, 0.4) is 0 Å². The Balaban J connectivity index is 1.75. The van der Waals surface area contributed by atoms with Gasteiger partial charge in [0.2, 0.25) is 0 Å². The Kier molecular flexibility index (Phi) is 4.54. The lowest BCUT2D eigenvalue weighted by atomic mass is 10.2. The number of nitrogens with one attached hydrogen (secondary N) is 1. The van der Waals surface area contributed by atoms with Gasteiger partial charge in [-0.2, -0.15) is 0 Å². The zero-order chi connectivity index (χ0) is 14.4. The van der Waals surface area contributed by atoms with Gasteiger partial charge >= 0.3 is 5.97 Å². The first-order valence-electron chi connectivity index (χ1n) is 6.35. The number of unbranched alkanes of at least 4 members (excludes halogenated alkanes) is 1. The zero-order valence-electron chi connectivity index (χ0n) is 11.0. The number of aromatic nitrogens is 3. The van der Waals surface area contributed by atoms with Crippen molar-refractivity contribution in [2.75, 3.05) is 17.6 Å². The third-order valence-electron chi connectivity index (χ3n) is 2.86. The highest BCUT2D eigenvalue weighted by Crippen LogP contribution is 2.16. The molecule has 0 aliphatic heterocycles. The van der Waals surface area contributed by atoms with Gasteiger partial charge in [-0.25, -0.2) is 14.8 Å². The van der Waals surface area contributed by atoms with E-state index in [-0.39, 0.29) is 5.56 Å². The number of pyridine rings is 1. The topological polar surface area (TPSA) is 106 Å². The van der Waals surface area contributed by atoms with Crippen molar-refractivity contribution in [3.8, 4) is 0 Å². The minimum atomic E-state index is -1.03. The number of nitrogen functional groups attached to an aromatic ring is 1. The second kappa shape index (κ2) is 6.55. The highest BCUT2D eigenvalue weighted by molar-refractivity contribution is 5.89. The molecular formula is C13H17N5O2. The molecule has 0 aliphatic rings. The van der Waals surface area contributed by atoms with E-state index in [1.807, 2.05) is 10.8 Å². The Morgan fingerprint density at radius 3 is 2.95 bits per heavy atom. The molecule has 4 N–H and O–H groups in total. The van der Waals surface area contributed by atoms with E-state index < -0.39 is 5.97 Å². The second-order valence-corrected chi connectivity index (χ2v) is 4.40. The monoisotopic (exact) mass is 275 g/mol. The van der Waals surface area contributed by atoms with Crippen molar-refractivity contribution in [1.29, 1.82) is 0 Å². The summed E-state index contributed by atoms with van der Waals surface area (Å²) in [5.74, 6) is -0.506. The molecule has 0 bridgehead atoms. The maximum atomic E-state index is 10.8. The summed E-state index contributed by atoms with van der Waals surface area (Å²) >= 11 is 0. The summed E-state index contributed by atoms with van der Waals surface area (Å²) in [5.41, 5.74) is 6.19. The van der Waals surface area contributed by atoms with Crippen LogP contribution in [0.15, 0.2) is 31.0 Å². The first-order valence-corrected chi connectivity index (χ1v) is 6.35.